The molecule has 8 nitrogen and oxygen atoms in total. The zero-order valence-electron chi connectivity index (χ0n) is 14.5. The Labute approximate surface area is 162 Å². The third-order valence-corrected chi connectivity index (χ3v) is 6.22. The maximum atomic E-state index is 12.8. The Morgan fingerprint density at radius 2 is 2.04 bits per heavy atom. The third-order valence-electron chi connectivity index (χ3n) is 4.06. The molecular formula is C17H18ClN3O5S. The predicted molar refractivity (Wildman–Crippen MR) is 99.5 cm³/mol. The molecule has 1 fully saturated rings. The van der Waals surface area contributed by atoms with Gasteiger partial charge in [0, 0.05) is 30.7 Å². The summed E-state index contributed by atoms with van der Waals surface area (Å²) in [6.45, 7) is 0.570. The van der Waals surface area contributed by atoms with Gasteiger partial charge < -0.3 is 9.47 Å². The second kappa shape index (κ2) is 8.12. The van der Waals surface area contributed by atoms with Crippen LogP contribution in [0, 0.1) is 0 Å². The number of hydrogen-bond donors (Lipinski definition) is 1. The first-order chi connectivity index (χ1) is 12.9. The van der Waals surface area contributed by atoms with E-state index in [4.69, 9.17) is 16.3 Å². The molecule has 1 aliphatic heterocycles. The van der Waals surface area contributed by atoms with Crippen molar-refractivity contribution >= 4 is 33.4 Å². The maximum Gasteiger partial charge on any atom is 0.411 e. The van der Waals surface area contributed by atoms with Crippen LogP contribution in [0.3, 0.4) is 0 Å². The van der Waals surface area contributed by atoms with Gasteiger partial charge in [0.15, 0.2) is 0 Å². The van der Waals surface area contributed by atoms with Crippen LogP contribution in [-0.2, 0) is 14.8 Å². The van der Waals surface area contributed by atoms with Gasteiger partial charge >= 0.3 is 6.09 Å². The highest BCUT2D eigenvalue weighted by molar-refractivity contribution is 7.89. The van der Waals surface area contributed by atoms with Crippen molar-refractivity contribution in [2.75, 3.05) is 25.5 Å². The van der Waals surface area contributed by atoms with Crippen LogP contribution in [0.15, 0.2) is 47.6 Å². The number of nitrogens with zero attached hydrogens (tertiary/aromatic N) is 2. The van der Waals surface area contributed by atoms with Crippen LogP contribution in [-0.4, -0.2) is 50.1 Å². The van der Waals surface area contributed by atoms with E-state index in [2.05, 4.69) is 15.0 Å². The average Bonchev–Trinajstić information content (AvgIpc) is 3.13. The first kappa shape index (κ1) is 19.4. The molecule has 0 bridgehead atoms. The fraction of sp³-hybridized carbons (Fsp3) is 0.294. The van der Waals surface area contributed by atoms with E-state index in [0.29, 0.717) is 29.4 Å². The minimum absolute atomic E-state index is 0.139. The number of hydrogen-bond acceptors (Lipinski definition) is 6. The monoisotopic (exact) mass is 411 g/mol. The van der Waals surface area contributed by atoms with Crippen LogP contribution >= 0.6 is 11.6 Å². The molecule has 0 unspecified atom stereocenters. The van der Waals surface area contributed by atoms with Gasteiger partial charge in [0.1, 0.15) is 16.9 Å². The number of halogens is 1. The highest BCUT2D eigenvalue weighted by atomic mass is 35.5. The van der Waals surface area contributed by atoms with E-state index in [1.807, 2.05) is 0 Å². The zero-order chi connectivity index (χ0) is 19.4. The molecule has 144 valence electrons. The summed E-state index contributed by atoms with van der Waals surface area (Å²) in [5.41, 5.74) is 0.441. The summed E-state index contributed by atoms with van der Waals surface area (Å²) in [5.74, 6) is 0.481. The number of methoxy groups -OCH3 is 1. The van der Waals surface area contributed by atoms with Crippen molar-refractivity contribution in [3.05, 3.63) is 47.7 Å². The van der Waals surface area contributed by atoms with Crippen LogP contribution in [0.1, 0.15) is 6.42 Å². The molecular weight excluding hydrogens is 394 g/mol. The number of nitrogens with one attached hydrogen (secondary N) is 1. The molecule has 2 heterocycles. The number of amides is 1. The summed E-state index contributed by atoms with van der Waals surface area (Å²) in [5, 5.41) is 2.85. The maximum absolute atomic E-state index is 12.8. The van der Waals surface area contributed by atoms with E-state index in [-0.39, 0.29) is 17.5 Å². The van der Waals surface area contributed by atoms with E-state index in [9.17, 15) is 13.2 Å². The predicted octanol–water partition coefficient (Wildman–Crippen LogP) is 2.76. The molecule has 1 saturated heterocycles. The lowest BCUT2D eigenvalue weighted by Gasteiger charge is -2.18. The quantitative estimate of drug-likeness (QED) is 0.812. The molecule has 0 saturated carbocycles. The molecule has 1 amide bonds. The first-order valence-corrected chi connectivity index (χ1v) is 9.93. The number of ether oxygens (including phenoxy) is 2. The van der Waals surface area contributed by atoms with Crippen LogP contribution < -0.4 is 10.1 Å². The Morgan fingerprint density at radius 3 is 2.70 bits per heavy atom. The molecule has 1 aromatic heterocycles. The highest BCUT2D eigenvalue weighted by Gasteiger charge is 2.33. The second-order valence-electron chi connectivity index (χ2n) is 5.84. The van der Waals surface area contributed by atoms with E-state index in [1.54, 1.807) is 12.3 Å². The lowest BCUT2D eigenvalue weighted by molar-refractivity contribution is 0.187. The molecule has 2 aromatic rings. The second-order valence-corrected chi connectivity index (χ2v) is 8.18. The molecule has 1 aliphatic rings. The molecule has 0 radical (unpaired) electrons. The number of carbonyl (C=O) groups is 1. The summed E-state index contributed by atoms with van der Waals surface area (Å²) in [6, 6.07) is 7.53. The van der Waals surface area contributed by atoms with Crippen molar-refractivity contribution in [1.29, 1.82) is 0 Å². The summed E-state index contributed by atoms with van der Waals surface area (Å²) >= 11 is 6.03. The Kier molecular flexibility index (Phi) is 5.83. The van der Waals surface area contributed by atoms with E-state index in [1.165, 1.54) is 41.9 Å². The topological polar surface area (TPSA) is 97.8 Å². The van der Waals surface area contributed by atoms with Crippen molar-refractivity contribution in [2.24, 2.45) is 0 Å². The molecule has 1 atom stereocenters. The molecule has 0 aliphatic carbocycles. The highest BCUT2D eigenvalue weighted by Crippen LogP contribution is 2.28. The van der Waals surface area contributed by atoms with E-state index >= 15 is 0 Å². The lowest BCUT2D eigenvalue weighted by atomic mass is 10.3. The zero-order valence-corrected chi connectivity index (χ0v) is 16.0. The first-order valence-electron chi connectivity index (χ1n) is 8.11. The van der Waals surface area contributed by atoms with Crippen molar-refractivity contribution in [3.63, 3.8) is 0 Å². The minimum atomic E-state index is -3.66. The Balaban J connectivity index is 1.67. The molecule has 10 heteroatoms. The van der Waals surface area contributed by atoms with Gasteiger partial charge in [-0.3, -0.25) is 10.3 Å². The third kappa shape index (κ3) is 4.49. The van der Waals surface area contributed by atoms with Gasteiger partial charge in [0.2, 0.25) is 10.0 Å². The summed E-state index contributed by atoms with van der Waals surface area (Å²) in [7, 11) is -2.41. The van der Waals surface area contributed by atoms with E-state index < -0.39 is 16.1 Å². The van der Waals surface area contributed by atoms with Crippen LogP contribution in [0.2, 0.25) is 5.02 Å². The standard InChI is InChI=1S/C17H18ClN3O5S/c1-25-17(22)20-12-2-4-14(5-3-12)27(23,24)21-9-7-13(11-21)26-16-6-8-19-10-15(16)18/h2-6,8,10,13H,7,9,11H2,1H3,(H,20,22)/t13-/m0/s1. The van der Waals surface area contributed by atoms with Crippen LogP contribution in [0.25, 0.3) is 0 Å². The number of pyridine rings is 1. The van der Waals surface area contributed by atoms with Crippen molar-refractivity contribution in [2.45, 2.75) is 17.4 Å². The lowest BCUT2D eigenvalue weighted by Crippen LogP contribution is -2.31. The van der Waals surface area contributed by atoms with Gasteiger partial charge in [-0.25, -0.2) is 13.2 Å². The fourth-order valence-corrected chi connectivity index (χ4v) is 4.33. The normalized spacial score (nSPS) is 17.5. The Hall–Kier alpha value is -2.36. The Morgan fingerprint density at radius 1 is 1.30 bits per heavy atom. The SMILES string of the molecule is COC(=O)Nc1ccc(S(=O)(=O)N2CC[C@H](Oc3ccncc3Cl)C2)cc1. The van der Waals surface area contributed by atoms with Gasteiger partial charge in [-0.15, -0.1) is 0 Å². The molecule has 1 aromatic carbocycles. The summed E-state index contributed by atoms with van der Waals surface area (Å²) in [4.78, 5) is 15.2. The van der Waals surface area contributed by atoms with Gasteiger partial charge in [0.25, 0.3) is 0 Å². The number of carbonyl (C=O) groups excluding carboxylic acids is 1. The van der Waals surface area contributed by atoms with Gasteiger partial charge in [-0.1, -0.05) is 11.6 Å². The number of anilines is 1. The van der Waals surface area contributed by atoms with Crippen molar-refractivity contribution < 1.29 is 22.7 Å². The fourth-order valence-electron chi connectivity index (χ4n) is 2.68. The number of rotatable bonds is 5. The van der Waals surface area contributed by atoms with Gasteiger partial charge in [0.05, 0.1) is 18.6 Å². The number of aromatic nitrogens is 1. The van der Waals surface area contributed by atoms with Gasteiger partial charge in [-0.05, 0) is 30.7 Å². The van der Waals surface area contributed by atoms with Crippen LogP contribution in [0.4, 0.5) is 10.5 Å². The average molecular weight is 412 g/mol. The largest absolute Gasteiger partial charge is 0.487 e. The number of benzene rings is 1. The number of sulfonamides is 1. The summed E-state index contributed by atoms with van der Waals surface area (Å²) < 4.78 is 37.3. The molecule has 27 heavy (non-hydrogen) atoms. The summed E-state index contributed by atoms with van der Waals surface area (Å²) in [6.07, 6.45) is 2.68. The van der Waals surface area contributed by atoms with E-state index in [0.717, 1.165) is 0 Å². The molecule has 1 N–H and O–H groups in total. The minimum Gasteiger partial charge on any atom is -0.487 e. The smallest absolute Gasteiger partial charge is 0.411 e. The molecule has 3 rings (SSSR count). The van der Waals surface area contributed by atoms with Gasteiger partial charge in [-0.2, -0.15) is 4.31 Å². The van der Waals surface area contributed by atoms with Crippen molar-refractivity contribution in [3.8, 4) is 5.75 Å². The molecule has 0 spiro atoms. The van der Waals surface area contributed by atoms with Crippen LogP contribution in [0.5, 0.6) is 5.75 Å². The Bertz CT molecular complexity index is 920. The van der Waals surface area contributed by atoms with Crippen molar-refractivity contribution in [1.82, 2.24) is 9.29 Å².